The maximum atomic E-state index is 12.7. The molecule has 0 aliphatic carbocycles. The number of aryl methyl sites for hydroxylation is 1. The molecule has 0 aliphatic rings. The van der Waals surface area contributed by atoms with Gasteiger partial charge in [-0.3, -0.25) is 9.59 Å². The van der Waals surface area contributed by atoms with E-state index in [1.54, 1.807) is 46.6 Å². The minimum absolute atomic E-state index is 0.0479. The summed E-state index contributed by atoms with van der Waals surface area (Å²) in [4.78, 5) is 30.2. The van der Waals surface area contributed by atoms with E-state index in [4.69, 9.17) is 0 Å². The Labute approximate surface area is 196 Å². The highest BCUT2D eigenvalue weighted by Gasteiger charge is 2.09. The van der Waals surface area contributed by atoms with E-state index in [0.29, 0.717) is 30.8 Å². The number of nitrogens with one attached hydrogen (secondary N) is 2. The molecule has 0 bridgehead atoms. The highest BCUT2D eigenvalue weighted by atomic mass is 32.1. The second kappa shape index (κ2) is 11.2. The van der Waals surface area contributed by atoms with E-state index in [2.05, 4.69) is 26.8 Å². The third kappa shape index (κ3) is 6.85. The van der Waals surface area contributed by atoms with Gasteiger partial charge in [-0.15, -0.1) is 11.3 Å². The Bertz CT molecular complexity index is 1190. The number of aromatic nitrogens is 3. The third-order valence-electron chi connectivity index (χ3n) is 5.07. The molecule has 2 aromatic heterocycles. The summed E-state index contributed by atoms with van der Waals surface area (Å²) in [6, 6.07) is 19.1. The van der Waals surface area contributed by atoms with Crippen molar-refractivity contribution < 1.29 is 9.59 Å². The van der Waals surface area contributed by atoms with Crippen LogP contribution in [0, 0.1) is 0 Å². The molecule has 0 unspecified atom stereocenters. The number of rotatable bonds is 10. The van der Waals surface area contributed by atoms with Gasteiger partial charge in [-0.1, -0.05) is 36.4 Å². The third-order valence-corrected chi connectivity index (χ3v) is 6.01. The molecule has 2 N–H and O–H groups in total. The first-order valence-corrected chi connectivity index (χ1v) is 11.6. The summed E-state index contributed by atoms with van der Waals surface area (Å²) in [5.74, 6) is -0.237. The topological polar surface area (TPSA) is 88.9 Å². The Morgan fingerprint density at radius 2 is 1.88 bits per heavy atom. The number of hydrogen-bond acceptors (Lipinski definition) is 5. The van der Waals surface area contributed by atoms with Gasteiger partial charge in [-0.2, -0.15) is 5.10 Å². The summed E-state index contributed by atoms with van der Waals surface area (Å²) in [7, 11) is 0. The van der Waals surface area contributed by atoms with Crippen molar-refractivity contribution in [3.8, 4) is 0 Å². The van der Waals surface area contributed by atoms with Crippen LogP contribution in [0.2, 0.25) is 0 Å². The van der Waals surface area contributed by atoms with Crippen LogP contribution in [0.3, 0.4) is 0 Å². The number of amides is 2. The fourth-order valence-corrected chi connectivity index (χ4v) is 4.21. The lowest BCUT2D eigenvalue weighted by atomic mass is 10.1. The van der Waals surface area contributed by atoms with Gasteiger partial charge < -0.3 is 10.6 Å². The van der Waals surface area contributed by atoms with E-state index in [0.717, 1.165) is 24.0 Å². The van der Waals surface area contributed by atoms with E-state index in [1.807, 2.05) is 35.7 Å². The second-order valence-electron chi connectivity index (χ2n) is 7.66. The predicted molar refractivity (Wildman–Crippen MR) is 129 cm³/mol. The average molecular weight is 460 g/mol. The monoisotopic (exact) mass is 459 g/mol. The molecule has 4 aromatic rings. The molecule has 7 nitrogen and oxygen atoms in total. The highest BCUT2D eigenvalue weighted by molar-refractivity contribution is 7.09. The Kier molecular flexibility index (Phi) is 7.60. The first kappa shape index (κ1) is 22.4. The van der Waals surface area contributed by atoms with Crippen LogP contribution in [-0.2, 0) is 24.3 Å². The van der Waals surface area contributed by atoms with Gasteiger partial charge in [0.05, 0.1) is 6.54 Å². The zero-order valence-corrected chi connectivity index (χ0v) is 18.9. The Balaban J connectivity index is 1.27. The summed E-state index contributed by atoms with van der Waals surface area (Å²) in [6.07, 6.45) is 5.31. The van der Waals surface area contributed by atoms with E-state index in [-0.39, 0.29) is 11.8 Å². The number of nitrogens with zero attached hydrogens (tertiary/aromatic N) is 3. The van der Waals surface area contributed by atoms with Crippen LogP contribution >= 0.6 is 11.3 Å². The normalized spacial score (nSPS) is 10.7. The highest BCUT2D eigenvalue weighted by Crippen LogP contribution is 2.15. The first-order chi connectivity index (χ1) is 16.2. The molecule has 0 saturated heterocycles. The van der Waals surface area contributed by atoms with Gasteiger partial charge in [-0.25, -0.2) is 9.67 Å². The molecule has 4 rings (SSSR count). The lowest BCUT2D eigenvalue weighted by Gasteiger charge is -2.09. The quantitative estimate of drug-likeness (QED) is 0.370. The van der Waals surface area contributed by atoms with Crippen LogP contribution < -0.4 is 10.6 Å². The van der Waals surface area contributed by atoms with Gasteiger partial charge in [0.25, 0.3) is 5.91 Å². The molecule has 2 aromatic carbocycles. The Morgan fingerprint density at radius 1 is 1.00 bits per heavy atom. The molecule has 0 radical (unpaired) electrons. The number of carbonyl (C=O) groups is 2. The molecule has 33 heavy (non-hydrogen) atoms. The van der Waals surface area contributed by atoms with E-state index in [9.17, 15) is 9.59 Å². The van der Waals surface area contributed by atoms with Crippen molar-refractivity contribution in [1.29, 1.82) is 0 Å². The zero-order chi connectivity index (χ0) is 22.9. The van der Waals surface area contributed by atoms with Gasteiger partial charge >= 0.3 is 0 Å². The number of anilines is 1. The van der Waals surface area contributed by atoms with Gasteiger partial charge in [0.2, 0.25) is 5.91 Å². The SMILES string of the molecule is O=C(CCCc1cccs1)Nc1cccc(C(=O)NCc2cccc(Cn3cncn3)c2)c1. The maximum absolute atomic E-state index is 12.7. The molecule has 0 spiro atoms. The Hall–Kier alpha value is -3.78. The van der Waals surface area contributed by atoms with Crippen LogP contribution in [0.5, 0.6) is 0 Å². The van der Waals surface area contributed by atoms with Gasteiger partial charge in [0.1, 0.15) is 12.7 Å². The van der Waals surface area contributed by atoms with Crippen LogP contribution in [0.15, 0.2) is 78.7 Å². The average Bonchev–Trinajstić information content (AvgIpc) is 3.52. The predicted octanol–water partition coefficient (Wildman–Crippen LogP) is 4.28. The van der Waals surface area contributed by atoms with Crippen molar-refractivity contribution in [2.75, 3.05) is 5.32 Å². The maximum Gasteiger partial charge on any atom is 0.251 e. The fraction of sp³-hybridized carbons (Fsp3) is 0.200. The summed E-state index contributed by atoms with van der Waals surface area (Å²) in [6.45, 7) is 1.03. The van der Waals surface area contributed by atoms with Crippen LogP contribution in [0.25, 0.3) is 0 Å². The van der Waals surface area contributed by atoms with Crippen molar-refractivity contribution in [1.82, 2.24) is 20.1 Å². The zero-order valence-electron chi connectivity index (χ0n) is 18.1. The standard InChI is InChI=1S/C25H25N5O2S/c31-24(11-3-9-23-10-4-12-33-23)29-22-8-2-7-21(14-22)25(32)27-15-19-5-1-6-20(13-19)16-30-18-26-17-28-30/h1-2,4-8,10,12-14,17-18H,3,9,11,15-16H2,(H,27,32)(H,29,31). The fourth-order valence-electron chi connectivity index (χ4n) is 3.46. The smallest absolute Gasteiger partial charge is 0.251 e. The number of carbonyl (C=O) groups excluding carboxylic acids is 2. The molecule has 2 heterocycles. The Morgan fingerprint density at radius 3 is 2.70 bits per heavy atom. The molecule has 8 heteroatoms. The number of hydrogen-bond donors (Lipinski definition) is 2. The minimum Gasteiger partial charge on any atom is -0.348 e. The molecular formula is C25H25N5O2S. The molecule has 0 atom stereocenters. The van der Waals surface area contributed by atoms with E-state index >= 15 is 0 Å². The molecule has 0 saturated carbocycles. The van der Waals surface area contributed by atoms with Crippen LogP contribution in [-0.4, -0.2) is 26.6 Å². The summed E-state index contributed by atoms with van der Waals surface area (Å²) in [5.41, 5.74) is 3.20. The molecule has 0 aliphatic heterocycles. The van der Waals surface area contributed by atoms with Gasteiger partial charge in [-0.05, 0) is 53.6 Å². The number of thiophene rings is 1. The molecule has 0 fully saturated rings. The molecule has 2 amide bonds. The second-order valence-corrected chi connectivity index (χ2v) is 8.69. The van der Waals surface area contributed by atoms with Gasteiger partial charge in [0, 0.05) is 29.1 Å². The lowest BCUT2D eigenvalue weighted by Crippen LogP contribution is -2.23. The number of benzene rings is 2. The van der Waals surface area contributed by atoms with E-state index < -0.39 is 0 Å². The van der Waals surface area contributed by atoms with Crippen molar-refractivity contribution in [2.24, 2.45) is 0 Å². The van der Waals surface area contributed by atoms with Crippen LogP contribution in [0.1, 0.15) is 39.2 Å². The van der Waals surface area contributed by atoms with Crippen LogP contribution in [0.4, 0.5) is 5.69 Å². The largest absolute Gasteiger partial charge is 0.348 e. The summed E-state index contributed by atoms with van der Waals surface area (Å²) < 4.78 is 1.75. The van der Waals surface area contributed by atoms with Crippen molar-refractivity contribution in [3.63, 3.8) is 0 Å². The summed E-state index contributed by atoms with van der Waals surface area (Å²) in [5, 5.41) is 12.0. The van der Waals surface area contributed by atoms with Crippen molar-refractivity contribution in [2.45, 2.75) is 32.4 Å². The van der Waals surface area contributed by atoms with Gasteiger partial charge in [0.15, 0.2) is 0 Å². The van der Waals surface area contributed by atoms with Crippen molar-refractivity contribution >= 4 is 28.8 Å². The molecular weight excluding hydrogens is 434 g/mol. The minimum atomic E-state index is -0.189. The van der Waals surface area contributed by atoms with E-state index in [1.165, 1.54) is 11.2 Å². The summed E-state index contributed by atoms with van der Waals surface area (Å²) >= 11 is 1.71. The lowest BCUT2D eigenvalue weighted by molar-refractivity contribution is -0.116. The molecule has 168 valence electrons. The first-order valence-electron chi connectivity index (χ1n) is 10.8. The van der Waals surface area contributed by atoms with Crippen molar-refractivity contribution in [3.05, 3.63) is 100 Å².